The summed E-state index contributed by atoms with van der Waals surface area (Å²) in [4.78, 5) is 126. The highest BCUT2D eigenvalue weighted by atomic mass is 31.2. The van der Waals surface area contributed by atoms with E-state index in [9.17, 15) is 53.2 Å². The first-order chi connectivity index (χ1) is 41.8. The van der Waals surface area contributed by atoms with Gasteiger partial charge in [-0.05, 0) is 108 Å². The molecule has 2 aromatic rings. The summed E-state index contributed by atoms with van der Waals surface area (Å²) in [5.74, 6) is -7.18. The Morgan fingerprint density at radius 1 is 0.800 bits per heavy atom. The smallest absolute Gasteiger partial charge is 0.394 e. The van der Waals surface area contributed by atoms with E-state index in [0.717, 1.165) is 11.1 Å². The maximum atomic E-state index is 14.4. The van der Waals surface area contributed by atoms with Crippen molar-refractivity contribution in [3.05, 3.63) is 63.9 Å². The molecule has 28 heteroatoms. The van der Waals surface area contributed by atoms with E-state index in [2.05, 4.69) is 15.6 Å². The summed E-state index contributed by atoms with van der Waals surface area (Å²) in [5, 5.41) is 28.2. The van der Waals surface area contributed by atoms with Crippen molar-refractivity contribution in [2.24, 2.45) is 94.7 Å². The normalized spacial score (nSPS) is 32.8. The van der Waals surface area contributed by atoms with Gasteiger partial charge in [-0.25, -0.2) is 9.55 Å². The lowest BCUT2D eigenvalue weighted by molar-refractivity contribution is -0.124. The molecule has 15 atom stereocenters. The van der Waals surface area contributed by atoms with Crippen molar-refractivity contribution in [2.45, 2.75) is 189 Å². The van der Waals surface area contributed by atoms with Crippen LogP contribution in [0.3, 0.4) is 0 Å². The van der Waals surface area contributed by atoms with Gasteiger partial charge < -0.3 is 69.4 Å². The van der Waals surface area contributed by atoms with Gasteiger partial charge in [-0.2, -0.15) is 0 Å². The third-order valence-electron chi connectivity index (χ3n) is 20.6. The topological polar surface area (TPSA) is 460 Å². The Balaban J connectivity index is 1.19. The second kappa shape index (κ2) is 25.6. The van der Waals surface area contributed by atoms with Gasteiger partial charge >= 0.3 is 7.82 Å². The van der Waals surface area contributed by atoms with Crippen LogP contribution in [0.25, 0.3) is 11.0 Å². The molecule has 6 aliphatic heterocycles. The second-order valence-corrected chi connectivity index (χ2v) is 28.4. The molecule has 7 amide bonds. The Morgan fingerprint density at radius 3 is 1.99 bits per heavy atom. The number of fused-ring (bicyclic) bond motifs is 7. The van der Waals surface area contributed by atoms with E-state index in [1.165, 1.54) is 13.3 Å². The maximum absolute atomic E-state index is 14.4. The number of imidazole rings is 1. The number of aromatic nitrogens is 2. The van der Waals surface area contributed by atoms with Gasteiger partial charge in [0.2, 0.25) is 41.4 Å². The number of aliphatic hydroxyl groups excluding tert-OH is 2. The number of amides is 7. The van der Waals surface area contributed by atoms with E-state index < -0.39 is 143 Å². The second-order valence-electron chi connectivity index (χ2n) is 27.1. The number of nitrogens with two attached hydrogens (primary N) is 6. The number of aryl methyl sites for hydroxylation is 2. The fourth-order valence-electron chi connectivity index (χ4n) is 15.4. The number of phosphoric acid groups is 1. The van der Waals surface area contributed by atoms with Gasteiger partial charge in [0.15, 0.2) is 6.23 Å². The number of ether oxygens (including phenoxy) is 1. The zero-order valence-electron chi connectivity index (χ0n) is 53.3. The number of phosphoric ester groups is 1. The number of carbonyl (C=O) groups excluding carboxylic acids is 7. The number of nitrogens with zero attached hydrogens (tertiary/aromatic N) is 5. The zero-order chi connectivity index (χ0) is 66.7. The van der Waals surface area contributed by atoms with Crippen LogP contribution in [0.4, 0.5) is 0 Å². The van der Waals surface area contributed by atoms with Crippen LogP contribution in [0, 0.1) is 59.2 Å². The Kier molecular flexibility index (Phi) is 19.6. The molecule has 2 fully saturated rings. The minimum Gasteiger partial charge on any atom is -0.394 e. The molecule has 0 saturated carbocycles. The van der Waals surface area contributed by atoms with Crippen LogP contribution in [0.15, 0.2) is 67.8 Å². The first-order valence-electron chi connectivity index (χ1n) is 30.6. The third-order valence-corrected chi connectivity index (χ3v) is 21.7. The lowest BCUT2D eigenvalue weighted by atomic mass is 9.55. The predicted octanol–water partition coefficient (Wildman–Crippen LogP) is 3.16. The number of carbonyl (C=O) groups is 7. The quantitative estimate of drug-likeness (QED) is 0.0603. The van der Waals surface area contributed by atoms with E-state index in [1.807, 2.05) is 87.4 Å². The standard InChI is InChI=1S/C62H90N13O14P/c1-29-20-39-40(21-30(29)2)75(28-70-39)57-52(84)53(41(27-76)87-57)89-90(85,86)88-31(3)26-69-49(83)18-19-59(8)37(22-46(66)80)56-62(11)61(10,25-48(68)82)36(14-17-45(65)79)51(74-62)33(5)55-60(9,24-47(67)81)34(12-15-43(63)77)38(71-55)23-42-58(6,7)35(13-16-44(64)78)50(72-42)32(4)54(59)73-56/h20-21,23,28,31,34-37,41,52-53,56-57,71,76,84H,12-19,22,24-27H2,1-11H3,(H2,63,77)(H2,64,78)(H2,65,79)(H2,66,80)(H2,67,81)(H2,68,82)(H,69,83)(H,85,86)/b38-23?,50-32?,55-33-/t31-,34+,35-,36-,37+,41-,52-,53-,56?,57+,59-,60+,61+,62+/m1/s1. The van der Waals surface area contributed by atoms with Crippen LogP contribution in [0.5, 0.6) is 0 Å². The van der Waals surface area contributed by atoms with Gasteiger partial charge in [-0.1, -0.05) is 34.6 Å². The molecule has 0 radical (unpaired) electrons. The molecule has 27 nitrogen and oxygen atoms in total. The lowest BCUT2D eigenvalue weighted by Gasteiger charge is -2.48. The molecule has 1 aromatic carbocycles. The molecule has 6 aliphatic rings. The molecule has 17 N–H and O–H groups in total. The zero-order valence-corrected chi connectivity index (χ0v) is 54.1. The molecule has 8 rings (SSSR count). The number of hydrogen-bond acceptors (Lipinski definition) is 18. The van der Waals surface area contributed by atoms with Crippen LogP contribution in [-0.4, -0.2) is 132 Å². The molecular weight excluding hydrogens is 1180 g/mol. The van der Waals surface area contributed by atoms with Crippen molar-refractivity contribution in [3.8, 4) is 0 Å². The molecule has 492 valence electrons. The average molecular weight is 1270 g/mol. The summed E-state index contributed by atoms with van der Waals surface area (Å²) >= 11 is 0. The number of primary amides is 6. The fourth-order valence-corrected chi connectivity index (χ4v) is 16.6. The van der Waals surface area contributed by atoms with Gasteiger partial charge in [-0.3, -0.25) is 57.6 Å². The SMILES string of the molecule is CC1=C2N=C(C=C3N/C(=C(/C)C4=N[C@@](C)(C5N=C1[C@](C)(CCC(=O)NC[C@@H](C)OP(=O)(O)O[C@H]1[C@@H](O)[C@@H](n6cnc7cc(C)c(C)cc76)O[C@@H]1CO)[C@H]5CC(N)=O)[C@@](C)(CC(N)=O)[C@@H]4CCC(N)=O)[C@@](C)(CC(N)=O)[C@H]3CCC(N)=O)C(C)(C)[C@@H]2CCC(N)=O. The van der Waals surface area contributed by atoms with E-state index in [-0.39, 0.29) is 77.2 Å². The molecule has 90 heavy (non-hydrogen) atoms. The van der Waals surface area contributed by atoms with Gasteiger partial charge in [0.25, 0.3) is 0 Å². The maximum Gasteiger partial charge on any atom is 0.472 e. The van der Waals surface area contributed by atoms with Crippen LogP contribution < -0.4 is 45.0 Å². The summed E-state index contributed by atoms with van der Waals surface area (Å²) in [6.07, 6.45) is -4.26. The number of nitrogens with one attached hydrogen (secondary N) is 2. The summed E-state index contributed by atoms with van der Waals surface area (Å²) in [7, 11) is -5.07. The summed E-state index contributed by atoms with van der Waals surface area (Å²) in [6.45, 7) is 19.3. The number of aliphatic hydroxyl groups is 2. The highest BCUT2D eigenvalue weighted by molar-refractivity contribution is 7.47. The van der Waals surface area contributed by atoms with Crippen molar-refractivity contribution in [1.82, 2.24) is 20.2 Å². The summed E-state index contributed by atoms with van der Waals surface area (Å²) in [6, 6.07) is 2.70. The van der Waals surface area contributed by atoms with Gasteiger partial charge in [-0.15, -0.1) is 0 Å². The first kappa shape index (κ1) is 68.9. The molecule has 2 unspecified atom stereocenters. The first-order valence-corrected chi connectivity index (χ1v) is 32.1. The van der Waals surface area contributed by atoms with E-state index >= 15 is 0 Å². The van der Waals surface area contributed by atoms with E-state index in [0.29, 0.717) is 56.4 Å². The molecule has 8 bridgehead atoms. The molecule has 0 spiro atoms. The highest BCUT2D eigenvalue weighted by Gasteiger charge is 2.66. The van der Waals surface area contributed by atoms with Crippen molar-refractivity contribution >= 4 is 77.3 Å². The largest absolute Gasteiger partial charge is 0.472 e. The van der Waals surface area contributed by atoms with Crippen LogP contribution in [-0.2, 0) is 51.9 Å². The van der Waals surface area contributed by atoms with E-state index in [1.54, 1.807) is 4.57 Å². The van der Waals surface area contributed by atoms with Crippen LogP contribution in [0.1, 0.15) is 150 Å². The molecule has 7 heterocycles. The van der Waals surface area contributed by atoms with Crippen molar-refractivity contribution < 1.29 is 67.0 Å². The molecule has 2 saturated heterocycles. The molecular formula is C62H90N13O14P. The predicted molar refractivity (Wildman–Crippen MR) is 334 cm³/mol. The van der Waals surface area contributed by atoms with Gasteiger partial charge in [0.1, 0.15) is 18.3 Å². The van der Waals surface area contributed by atoms with Gasteiger partial charge in [0, 0.05) is 131 Å². The van der Waals surface area contributed by atoms with Crippen LogP contribution in [0.2, 0.25) is 0 Å². The number of rotatable bonds is 26. The lowest BCUT2D eigenvalue weighted by Crippen LogP contribution is -2.56. The Labute approximate surface area is 523 Å². The minimum absolute atomic E-state index is 0.0114. The summed E-state index contributed by atoms with van der Waals surface area (Å²) in [5.41, 5.74) is 37.4. The van der Waals surface area contributed by atoms with Crippen molar-refractivity contribution in [2.75, 3.05) is 13.2 Å². The monoisotopic (exact) mass is 1270 g/mol. The highest BCUT2D eigenvalue weighted by Crippen LogP contribution is 2.63. The minimum atomic E-state index is -5.07. The van der Waals surface area contributed by atoms with E-state index in [4.69, 9.17) is 63.2 Å². The number of hydrogen-bond donors (Lipinski definition) is 11. The average Bonchev–Trinajstić information content (AvgIpc) is 1.53. The molecule has 1 aromatic heterocycles. The number of aliphatic imine (C=N–C) groups is 3. The summed E-state index contributed by atoms with van der Waals surface area (Å²) < 4.78 is 32.3. The number of benzene rings is 1. The van der Waals surface area contributed by atoms with Crippen molar-refractivity contribution in [3.63, 3.8) is 0 Å². The van der Waals surface area contributed by atoms with Gasteiger partial charge in [0.05, 0.1) is 41.7 Å². The fraction of sp³-hybridized carbons (Fsp3) is 0.629. The Morgan fingerprint density at radius 2 is 1.40 bits per heavy atom. The Hall–Kier alpha value is -7.00. The van der Waals surface area contributed by atoms with Crippen molar-refractivity contribution in [1.29, 1.82) is 0 Å². The Bertz CT molecular complexity index is 3540. The number of allylic oxidation sites excluding steroid dienone is 6. The van der Waals surface area contributed by atoms with Crippen LogP contribution >= 0.6 is 7.82 Å². The third kappa shape index (κ3) is 13.0. The molecule has 0 aliphatic carbocycles.